The summed E-state index contributed by atoms with van der Waals surface area (Å²) >= 11 is 0. The van der Waals surface area contributed by atoms with Crippen LogP contribution in [0.2, 0.25) is 0 Å². The quantitative estimate of drug-likeness (QED) is 0.618. The molecule has 0 fully saturated rings. The minimum absolute atomic E-state index is 0.275. The molecule has 0 aliphatic heterocycles. The summed E-state index contributed by atoms with van der Waals surface area (Å²) in [6.45, 7) is 0.299. The van der Waals surface area contributed by atoms with Gasteiger partial charge in [-0.05, 0) is 25.0 Å². The fourth-order valence-corrected chi connectivity index (χ4v) is 1.68. The Hall–Kier alpha value is -1.98. The summed E-state index contributed by atoms with van der Waals surface area (Å²) in [5.74, 6) is -2.81. The molecule has 0 saturated carbocycles. The van der Waals surface area contributed by atoms with E-state index in [2.05, 4.69) is 10.1 Å². The zero-order chi connectivity index (χ0) is 15.0. The Morgan fingerprint density at radius 2 is 1.80 bits per heavy atom. The molecular weight excluding hydrogens is 268 g/mol. The molecule has 4 nitrogen and oxygen atoms in total. The van der Waals surface area contributed by atoms with E-state index in [-0.39, 0.29) is 5.97 Å². The van der Waals surface area contributed by atoms with Crippen molar-refractivity contribution in [3.05, 3.63) is 35.4 Å². The number of esters is 1. The Balaban J connectivity index is 2.29. The number of benzene rings is 1. The van der Waals surface area contributed by atoms with E-state index in [0.717, 1.165) is 18.6 Å². The van der Waals surface area contributed by atoms with Gasteiger partial charge in [-0.3, -0.25) is 9.59 Å². The van der Waals surface area contributed by atoms with Crippen LogP contribution < -0.4 is 5.32 Å². The number of nitrogens with one attached hydrogen (secondary N) is 1. The Kier molecular flexibility index (Phi) is 6.63. The summed E-state index contributed by atoms with van der Waals surface area (Å²) in [4.78, 5) is 22.4. The maximum atomic E-state index is 13.3. The number of rotatable bonds is 7. The van der Waals surface area contributed by atoms with Gasteiger partial charge in [-0.2, -0.15) is 0 Å². The first-order valence-electron chi connectivity index (χ1n) is 6.35. The van der Waals surface area contributed by atoms with Gasteiger partial charge in [-0.15, -0.1) is 0 Å². The predicted molar refractivity (Wildman–Crippen MR) is 69.2 cm³/mol. The number of halogens is 2. The van der Waals surface area contributed by atoms with E-state index >= 15 is 0 Å². The lowest BCUT2D eigenvalue weighted by Crippen LogP contribution is -2.26. The molecule has 0 aromatic heterocycles. The average Bonchev–Trinajstić information content (AvgIpc) is 2.42. The summed E-state index contributed by atoms with van der Waals surface area (Å²) in [6.07, 6.45) is 2.32. The number of amides is 1. The highest BCUT2D eigenvalue weighted by Crippen LogP contribution is 2.11. The van der Waals surface area contributed by atoms with Gasteiger partial charge in [0.15, 0.2) is 0 Å². The molecule has 20 heavy (non-hydrogen) atoms. The lowest BCUT2D eigenvalue weighted by atomic mass is 10.1. The largest absolute Gasteiger partial charge is 0.469 e. The Bertz CT molecular complexity index is 457. The van der Waals surface area contributed by atoms with E-state index in [1.807, 2.05) is 0 Å². The molecular formula is C14H17F2NO3. The Labute approximate surface area is 116 Å². The van der Waals surface area contributed by atoms with Crippen LogP contribution >= 0.6 is 0 Å². The van der Waals surface area contributed by atoms with Crippen LogP contribution in [-0.4, -0.2) is 25.5 Å². The second-order valence-corrected chi connectivity index (χ2v) is 4.24. The molecule has 1 amide bonds. The van der Waals surface area contributed by atoms with Gasteiger partial charge >= 0.3 is 5.97 Å². The van der Waals surface area contributed by atoms with Crippen LogP contribution in [0.1, 0.15) is 36.0 Å². The Morgan fingerprint density at radius 3 is 2.40 bits per heavy atom. The van der Waals surface area contributed by atoms with Crippen molar-refractivity contribution in [1.29, 1.82) is 0 Å². The van der Waals surface area contributed by atoms with Crippen molar-refractivity contribution in [1.82, 2.24) is 5.32 Å². The molecule has 0 saturated heterocycles. The monoisotopic (exact) mass is 285 g/mol. The van der Waals surface area contributed by atoms with E-state index in [1.165, 1.54) is 13.2 Å². The van der Waals surface area contributed by atoms with Crippen LogP contribution in [0, 0.1) is 11.6 Å². The molecule has 1 aromatic carbocycles. The molecule has 110 valence electrons. The minimum Gasteiger partial charge on any atom is -0.469 e. The first-order valence-corrected chi connectivity index (χ1v) is 6.35. The third-order valence-corrected chi connectivity index (χ3v) is 2.76. The number of unbranched alkanes of at least 4 members (excludes halogenated alkanes) is 2. The lowest BCUT2D eigenvalue weighted by molar-refractivity contribution is -0.140. The molecule has 6 heteroatoms. The average molecular weight is 285 g/mol. The second-order valence-electron chi connectivity index (χ2n) is 4.24. The van der Waals surface area contributed by atoms with Crippen LogP contribution in [-0.2, 0) is 9.53 Å². The van der Waals surface area contributed by atoms with Gasteiger partial charge in [0.05, 0.1) is 7.11 Å². The zero-order valence-corrected chi connectivity index (χ0v) is 11.2. The van der Waals surface area contributed by atoms with Gasteiger partial charge in [-0.1, -0.05) is 12.5 Å². The number of carbonyl (C=O) groups excluding carboxylic acids is 2. The van der Waals surface area contributed by atoms with Crippen LogP contribution in [0.3, 0.4) is 0 Å². The molecule has 0 bridgehead atoms. The third kappa shape index (κ3) is 4.95. The molecule has 0 aliphatic rings. The highest BCUT2D eigenvalue weighted by atomic mass is 19.1. The number of hydrogen-bond acceptors (Lipinski definition) is 3. The van der Waals surface area contributed by atoms with Crippen LogP contribution in [0.25, 0.3) is 0 Å². The summed E-state index contributed by atoms with van der Waals surface area (Å²) in [5, 5.41) is 2.45. The molecule has 1 N–H and O–H groups in total. The van der Waals surface area contributed by atoms with E-state index in [4.69, 9.17) is 0 Å². The number of methoxy groups -OCH3 is 1. The fraction of sp³-hybridized carbons (Fsp3) is 0.429. The molecule has 1 aromatic rings. The number of hydrogen-bond donors (Lipinski definition) is 1. The van der Waals surface area contributed by atoms with Crippen molar-refractivity contribution in [2.75, 3.05) is 13.7 Å². The van der Waals surface area contributed by atoms with Crippen molar-refractivity contribution in [2.45, 2.75) is 25.7 Å². The standard InChI is InChI=1S/C14H17F2NO3/c1-20-12(18)8-3-2-4-9-17-14(19)13-10(15)6-5-7-11(13)16/h5-7H,2-4,8-9H2,1H3,(H,17,19). The van der Waals surface area contributed by atoms with Gasteiger partial charge in [0, 0.05) is 13.0 Å². The van der Waals surface area contributed by atoms with Crippen LogP contribution in [0.15, 0.2) is 18.2 Å². The highest BCUT2D eigenvalue weighted by molar-refractivity contribution is 5.94. The van der Waals surface area contributed by atoms with Crippen molar-refractivity contribution in [3.63, 3.8) is 0 Å². The minimum atomic E-state index is -0.881. The van der Waals surface area contributed by atoms with Crippen molar-refractivity contribution >= 4 is 11.9 Å². The van der Waals surface area contributed by atoms with Gasteiger partial charge in [0.25, 0.3) is 5.91 Å². The van der Waals surface area contributed by atoms with E-state index in [9.17, 15) is 18.4 Å². The summed E-state index contributed by atoms with van der Waals surface area (Å²) in [5.41, 5.74) is -0.568. The fourth-order valence-electron chi connectivity index (χ4n) is 1.68. The van der Waals surface area contributed by atoms with Crippen molar-refractivity contribution < 1.29 is 23.1 Å². The molecule has 0 heterocycles. The lowest BCUT2D eigenvalue weighted by Gasteiger charge is -2.06. The van der Waals surface area contributed by atoms with Gasteiger partial charge in [-0.25, -0.2) is 8.78 Å². The molecule has 1 rings (SSSR count). The van der Waals surface area contributed by atoms with E-state index in [1.54, 1.807) is 0 Å². The molecule has 0 atom stereocenters. The van der Waals surface area contributed by atoms with E-state index < -0.39 is 23.1 Å². The number of carbonyl (C=O) groups is 2. The van der Waals surface area contributed by atoms with Crippen LogP contribution in [0.4, 0.5) is 8.78 Å². The normalized spacial score (nSPS) is 10.2. The summed E-state index contributed by atoms with van der Waals surface area (Å²) in [6, 6.07) is 3.27. The highest BCUT2D eigenvalue weighted by Gasteiger charge is 2.16. The van der Waals surface area contributed by atoms with Gasteiger partial charge in [0.1, 0.15) is 17.2 Å². The maximum Gasteiger partial charge on any atom is 0.305 e. The molecule has 0 radical (unpaired) electrons. The summed E-state index contributed by atoms with van der Waals surface area (Å²) in [7, 11) is 1.32. The SMILES string of the molecule is COC(=O)CCCCCNC(=O)c1c(F)cccc1F. The van der Waals surface area contributed by atoms with E-state index in [0.29, 0.717) is 25.8 Å². The zero-order valence-electron chi connectivity index (χ0n) is 11.2. The smallest absolute Gasteiger partial charge is 0.305 e. The third-order valence-electron chi connectivity index (χ3n) is 2.76. The molecule has 0 spiro atoms. The van der Waals surface area contributed by atoms with Crippen molar-refractivity contribution in [2.24, 2.45) is 0 Å². The first-order chi connectivity index (χ1) is 9.56. The predicted octanol–water partition coefficient (Wildman–Crippen LogP) is 2.43. The summed E-state index contributed by atoms with van der Waals surface area (Å²) < 4.78 is 31.1. The molecule has 0 unspecified atom stereocenters. The maximum absolute atomic E-state index is 13.3. The van der Waals surface area contributed by atoms with Gasteiger partial charge < -0.3 is 10.1 Å². The Morgan fingerprint density at radius 1 is 1.15 bits per heavy atom. The topological polar surface area (TPSA) is 55.4 Å². The van der Waals surface area contributed by atoms with Crippen LogP contribution in [0.5, 0.6) is 0 Å². The molecule has 0 aliphatic carbocycles. The second kappa shape index (κ2) is 8.24. The van der Waals surface area contributed by atoms with Gasteiger partial charge in [0.2, 0.25) is 0 Å². The number of ether oxygens (including phenoxy) is 1. The van der Waals surface area contributed by atoms with Crippen molar-refractivity contribution in [3.8, 4) is 0 Å². The first kappa shape index (κ1) is 16.1.